The molecule has 0 amide bonds. The number of halogens is 1. The van der Waals surface area contributed by atoms with E-state index in [2.05, 4.69) is 26.2 Å². The molecule has 0 spiro atoms. The molecule has 0 saturated carbocycles. The molecule has 0 unspecified atom stereocenters. The molecule has 0 bridgehead atoms. The zero-order chi connectivity index (χ0) is 13.2. The highest BCUT2D eigenvalue weighted by Gasteiger charge is 2.19. The fourth-order valence-corrected chi connectivity index (χ4v) is 2.91. The Balaban J connectivity index is 2.13. The number of nitrogens with zero attached hydrogens (tertiary/aromatic N) is 2. The molecule has 1 N–H and O–H groups in total. The Bertz CT molecular complexity index is 594. The number of furan rings is 1. The van der Waals surface area contributed by atoms with Crippen LogP contribution in [-0.2, 0) is 12.8 Å². The Labute approximate surface area is 120 Å². The minimum Gasteiger partial charge on any atom is -0.460 e. The van der Waals surface area contributed by atoms with Gasteiger partial charge in [0.05, 0.1) is 10.7 Å². The van der Waals surface area contributed by atoms with Gasteiger partial charge in [0.15, 0.2) is 11.6 Å². The van der Waals surface area contributed by atoms with Crippen LogP contribution < -0.4 is 5.32 Å². The van der Waals surface area contributed by atoms with Gasteiger partial charge in [-0.3, -0.25) is 0 Å². The maximum absolute atomic E-state index is 5.47. The standard InChI is InChI=1S/C14H16BrN3O/c1-16-13-9-5-3-2-4-6-11(9)17-14(18-13)12-10(15)7-8-19-12/h7-8H,2-6H2,1H3,(H,16,17,18). The average molecular weight is 322 g/mol. The predicted molar refractivity (Wildman–Crippen MR) is 78.2 cm³/mol. The first kappa shape index (κ1) is 12.7. The van der Waals surface area contributed by atoms with E-state index in [1.807, 2.05) is 13.1 Å². The van der Waals surface area contributed by atoms with Crippen molar-refractivity contribution in [2.24, 2.45) is 0 Å². The topological polar surface area (TPSA) is 51.0 Å². The number of aryl methyl sites for hydroxylation is 1. The Kier molecular flexibility index (Phi) is 3.55. The van der Waals surface area contributed by atoms with Crippen LogP contribution in [0.2, 0.25) is 0 Å². The van der Waals surface area contributed by atoms with Gasteiger partial charge in [-0.2, -0.15) is 0 Å². The number of nitrogens with one attached hydrogen (secondary N) is 1. The highest BCUT2D eigenvalue weighted by molar-refractivity contribution is 9.10. The second-order valence-electron chi connectivity index (χ2n) is 4.73. The van der Waals surface area contributed by atoms with Gasteiger partial charge in [0.2, 0.25) is 0 Å². The molecule has 4 nitrogen and oxygen atoms in total. The van der Waals surface area contributed by atoms with Crippen LogP contribution >= 0.6 is 15.9 Å². The summed E-state index contributed by atoms with van der Waals surface area (Å²) < 4.78 is 6.36. The van der Waals surface area contributed by atoms with Crippen molar-refractivity contribution < 1.29 is 4.42 Å². The number of fused-ring (bicyclic) bond motifs is 1. The monoisotopic (exact) mass is 321 g/mol. The lowest BCUT2D eigenvalue weighted by molar-refractivity contribution is 0.575. The van der Waals surface area contributed by atoms with Crippen molar-refractivity contribution in [2.75, 3.05) is 12.4 Å². The lowest BCUT2D eigenvalue weighted by Crippen LogP contribution is -2.06. The van der Waals surface area contributed by atoms with Crippen molar-refractivity contribution in [3.63, 3.8) is 0 Å². The van der Waals surface area contributed by atoms with Crippen molar-refractivity contribution in [1.82, 2.24) is 9.97 Å². The molecular formula is C14H16BrN3O. The molecule has 0 atom stereocenters. The first-order chi connectivity index (χ1) is 9.29. The van der Waals surface area contributed by atoms with Crippen LogP contribution in [-0.4, -0.2) is 17.0 Å². The van der Waals surface area contributed by atoms with Crippen LogP contribution in [0.3, 0.4) is 0 Å². The van der Waals surface area contributed by atoms with Crippen molar-refractivity contribution in [1.29, 1.82) is 0 Å². The third-order valence-corrected chi connectivity index (χ3v) is 4.11. The Hall–Kier alpha value is -1.36. The Morgan fingerprint density at radius 2 is 2.05 bits per heavy atom. The van der Waals surface area contributed by atoms with Gasteiger partial charge >= 0.3 is 0 Å². The Morgan fingerprint density at radius 3 is 2.79 bits per heavy atom. The minimum atomic E-state index is 0.655. The summed E-state index contributed by atoms with van der Waals surface area (Å²) in [6.07, 6.45) is 7.41. The van der Waals surface area contributed by atoms with Gasteiger partial charge in [-0.25, -0.2) is 9.97 Å². The van der Waals surface area contributed by atoms with Gasteiger partial charge in [-0.05, 0) is 47.7 Å². The highest BCUT2D eigenvalue weighted by atomic mass is 79.9. The first-order valence-corrected chi connectivity index (χ1v) is 7.40. The SMILES string of the molecule is CNc1nc(-c2occc2Br)nc2c1CCCCC2. The smallest absolute Gasteiger partial charge is 0.199 e. The second-order valence-corrected chi connectivity index (χ2v) is 5.58. The third-order valence-electron chi connectivity index (χ3n) is 3.49. The molecule has 0 fully saturated rings. The molecule has 100 valence electrons. The van der Waals surface area contributed by atoms with Crippen molar-refractivity contribution >= 4 is 21.7 Å². The van der Waals surface area contributed by atoms with Gasteiger partial charge < -0.3 is 9.73 Å². The van der Waals surface area contributed by atoms with E-state index in [4.69, 9.17) is 9.40 Å². The van der Waals surface area contributed by atoms with Crippen LogP contribution in [0.5, 0.6) is 0 Å². The number of hydrogen-bond acceptors (Lipinski definition) is 4. The quantitative estimate of drug-likeness (QED) is 0.854. The van der Waals surface area contributed by atoms with Gasteiger partial charge in [0.25, 0.3) is 0 Å². The lowest BCUT2D eigenvalue weighted by atomic mass is 10.1. The molecule has 0 radical (unpaired) electrons. The molecule has 2 aromatic heterocycles. The first-order valence-electron chi connectivity index (χ1n) is 6.60. The molecule has 19 heavy (non-hydrogen) atoms. The summed E-state index contributed by atoms with van der Waals surface area (Å²) in [5, 5.41) is 3.20. The van der Waals surface area contributed by atoms with E-state index in [9.17, 15) is 0 Å². The number of anilines is 1. The van der Waals surface area contributed by atoms with Crippen LogP contribution in [0.25, 0.3) is 11.6 Å². The average Bonchev–Trinajstić information content (AvgIpc) is 2.71. The molecule has 2 heterocycles. The minimum absolute atomic E-state index is 0.655. The lowest BCUT2D eigenvalue weighted by Gasteiger charge is -2.12. The maximum atomic E-state index is 5.47. The highest BCUT2D eigenvalue weighted by Crippen LogP contribution is 2.31. The summed E-state index contributed by atoms with van der Waals surface area (Å²) >= 11 is 3.47. The van der Waals surface area contributed by atoms with E-state index < -0.39 is 0 Å². The van der Waals surface area contributed by atoms with Gasteiger partial charge in [-0.15, -0.1) is 0 Å². The van der Waals surface area contributed by atoms with E-state index in [0.29, 0.717) is 11.6 Å². The molecular weight excluding hydrogens is 306 g/mol. The second kappa shape index (κ2) is 5.33. The van der Waals surface area contributed by atoms with E-state index in [0.717, 1.165) is 28.8 Å². The molecule has 3 rings (SSSR count). The molecule has 0 saturated heterocycles. The van der Waals surface area contributed by atoms with Crippen LogP contribution in [0, 0.1) is 0 Å². The molecule has 0 aromatic carbocycles. The normalized spacial score (nSPS) is 14.8. The molecule has 1 aliphatic carbocycles. The van der Waals surface area contributed by atoms with E-state index in [1.54, 1.807) is 6.26 Å². The van der Waals surface area contributed by atoms with Crippen LogP contribution in [0.1, 0.15) is 30.5 Å². The molecule has 2 aromatic rings. The number of aromatic nitrogens is 2. The summed E-state index contributed by atoms with van der Waals surface area (Å²) in [5.41, 5.74) is 2.43. The van der Waals surface area contributed by atoms with Gasteiger partial charge in [0, 0.05) is 18.3 Å². The summed E-state index contributed by atoms with van der Waals surface area (Å²) in [6, 6.07) is 1.86. The molecule has 5 heteroatoms. The van der Waals surface area contributed by atoms with Gasteiger partial charge in [0.1, 0.15) is 5.82 Å². The molecule has 0 aliphatic heterocycles. The van der Waals surface area contributed by atoms with Crippen LogP contribution in [0.15, 0.2) is 21.2 Å². The largest absolute Gasteiger partial charge is 0.460 e. The fraction of sp³-hybridized carbons (Fsp3) is 0.429. The van der Waals surface area contributed by atoms with Crippen molar-refractivity contribution in [3.8, 4) is 11.6 Å². The van der Waals surface area contributed by atoms with Crippen molar-refractivity contribution in [3.05, 3.63) is 28.1 Å². The van der Waals surface area contributed by atoms with E-state index >= 15 is 0 Å². The summed E-state index contributed by atoms with van der Waals surface area (Å²) in [4.78, 5) is 9.31. The molecule has 1 aliphatic rings. The summed E-state index contributed by atoms with van der Waals surface area (Å²) in [7, 11) is 1.91. The van der Waals surface area contributed by atoms with E-state index in [-0.39, 0.29) is 0 Å². The van der Waals surface area contributed by atoms with Crippen molar-refractivity contribution in [2.45, 2.75) is 32.1 Å². The fourth-order valence-electron chi connectivity index (χ4n) is 2.53. The third kappa shape index (κ3) is 2.39. The summed E-state index contributed by atoms with van der Waals surface area (Å²) in [6.45, 7) is 0. The zero-order valence-corrected chi connectivity index (χ0v) is 12.5. The Morgan fingerprint density at radius 1 is 1.21 bits per heavy atom. The number of hydrogen-bond donors (Lipinski definition) is 1. The van der Waals surface area contributed by atoms with Crippen LogP contribution in [0.4, 0.5) is 5.82 Å². The maximum Gasteiger partial charge on any atom is 0.199 e. The zero-order valence-electron chi connectivity index (χ0n) is 10.9. The summed E-state index contributed by atoms with van der Waals surface area (Å²) in [5.74, 6) is 2.29. The van der Waals surface area contributed by atoms with Gasteiger partial charge in [-0.1, -0.05) is 6.42 Å². The number of rotatable bonds is 2. The van der Waals surface area contributed by atoms with E-state index in [1.165, 1.54) is 24.8 Å². The predicted octanol–water partition coefficient (Wildman–Crippen LogP) is 3.81.